The second kappa shape index (κ2) is 4.87. The van der Waals surface area contributed by atoms with Gasteiger partial charge in [0.05, 0.1) is 0 Å². The van der Waals surface area contributed by atoms with Gasteiger partial charge in [0.15, 0.2) is 0 Å². The van der Waals surface area contributed by atoms with Gasteiger partial charge in [-0.05, 0) is 53.0 Å². The Morgan fingerprint density at radius 3 is 2.22 bits per heavy atom. The smallest absolute Gasteiger partial charge is 0.0155 e. The number of hydrogen-bond acceptors (Lipinski definition) is 2. The minimum absolute atomic E-state index is 1.31. The van der Waals surface area contributed by atoms with E-state index in [-0.39, 0.29) is 0 Å². The van der Waals surface area contributed by atoms with Crippen LogP contribution >= 0.6 is 23.5 Å². The standard InChI is InChI=1S/C16H14S2/c1-17-12-8-14-13(11-6-4-3-5-7-11)10-16(18-2)15(14)9-12/h3-10H,1-2H3. The van der Waals surface area contributed by atoms with Gasteiger partial charge < -0.3 is 0 Å². The first-order valence-electron chi connectivity index (χ1n) is 5.87. The number of allylic oxidation sites excluding steroid dienone is 6. The topological polar surface area (TPSA) is 0 Å². The van der Waals surface area contributed by atoms with Gasteiger partial charge in [0.25, 0.3) is 0 Å². The van der Waals surface area contributed by atoms with Gasteiger partial charge in [-0.1, -0.05) is 30.3 Å². The van der Waals surface area contributed by atoms with Gasteiger partial charge in [0.2, 0.25) is 0 Å². The molecule has 0 spiro atoms. The molecule has 0 heterocycles. The average molecular weight is 270 g/mol. The molecular formula is C16H14S2. The van der Waals surface area contributed by atoms with E-state index in [0.29, 0.717) is 0 Å². The quantitative estimate of drug-likeness (QED) is 0.767. The molecule has 90 valence electrons. The molecule has 0 saturated carbocycles. The predicted molar refractivity (Wildman–Crippen MR) is 84.6 cm³/mol. The van der Waals surface area contributed by atoms with Gasteiger partial charge in [-0.25, -0.2) is 0 Å². The van der Waals surface area contributed by atoms with E-state index >= 15 is 0 Å². The Bertz CT molecular complexity index is 601. The molecule has 0 radical (unpaired) electrons. The molecule has 0 fully saturated rings. The number of fused-ring (bicyclic) bond motifs is 1. The maximum Gasteiger partial charge on any atom is 0.0155 e. The lowest BCUT2D eigenvalue weighted by atomic mass is 9.99. The zero-order valence-corrected chi connectivity index (χ0v) is 12.1. The van der Waals surface area contributed by atoms with Gasteiger partial charge in [-0.2, -0.15) is 0 Å². The fourth-order valence-electron chi connectivity index (χ4n) is 2.34. The molecule has 0 amide bonds. The Labute approximate surface area is 117 Å². The molecule has 1 aromatic rings. The Balaban J connectivity index is 2.07. The Morgan fingerprint density at radius 1 is 0.778 bits per heavy atom. The average Bonchev–Trinajstić information content (AvgIpc) is 2.97. The van der Waals surface area contributed by atoms with Crippen molar-refractivity contribution in [3.05, 3.63) is 75.1 Å². The van der Waals surface area contributed by atoms with Gasteiger partial charge in [0, 0.05) is 9.81 Å². The number of thioether (sulfide) groups is 2. The zero-order valence-electron chi connectivity index (χ0n) is 10.4. The lowest BCUT2D eigenvalue weighted by molar-refractivity contribution is 1.58. The maximum atomic E-state index is 2.31. The van der Waals surface area contributed by atoms with E-state index in [1.165, 1.54) is 32.1 Å². The van der Waals surface area contributed by atoms with E-state index in [1.807, 2.05) is 23.5 Å². The first-order chi connectivity index (χ1) is 8.83. The van der Waals surface area contributed by atoms with E-state index in [0.717, 1.165) is 0 Å². The lowest BCUT2D eigenvalue weighted by Crippen LogP contribution is -1.84. The molecule has 0 aromatic heterocycles. The monoisotopic (exact) mass is 270 g/mol. The predicted octanol–water partition coefficient (Wildman–Crippen LogP) is 4.89. The Hall–Kier alpha value is -1.12. The molecule has 2 aliphatic rings. The van der Waals surface area contributed by atoms with Crippen LogP contribution in [0.3, 0.4) is 0 Å². The minimum atomic E-state index is 1.31. The first-order valence-corrected chi connectivity index (χ1v) is 8.32. The van der Waals surface area contributed by atoms with E-state index in [1.54, 1.807) is 0 Å². The van der Waals surface area contributed by atoms with Crippen molar-refractivity contribution in [1.29, 1.82) is 0 Å². The molecule has 0 nitrogen and oxygen atoms in total. The molecule has 3 rings (SSSR count). The summed E-state index contributed by atoms with van der Waals surface area (Å²) in [5.41, 5.74) is 5.44. The summed E-state index contributed by atoms with van der Waals surface area (Å²) < 4.78 is 0. The van der Waals surface area contributed by atoms with E-state index in [2.05, 4.69) is 61.1 Å². The fraction of sp³-hybridized carbons (Fsp3) is 0.125. The summed E-state index contributed by atoms with van der Waals surface area (Å²) in [6, 6.07) is 10.6. The molecule has 0 saturated heterocycles. The van der Waals surface area contributed by atoms with Crippen molar-refractivity contribution in [3.63, 3.8) is 0 Å². The highest BCUT2D eigenvalue weighted by Gasteiger charge is 2.25. The van der Waals surface area contributed by atoms with Gasteiger partial charge >= 0.3 is 0 Å². The third-order valence-corrected chi connectivity index (χ3v) is 4.72. The minimum Gasteiger partial charge on any atom is -0.130 e. The molecule has 2 heteroatoms. The number of rotatable bonds is 3. The summed E-state index contributed by atoms with van der Waals surface area (Å²) in [5, 5.41) is 0. The van der Waals surface area contributed by atoms with Crippen LogP contribution in [-0.2, 0) is 0 Å². The van der Waals surface area contributed by atoms with Crippen molar-refractivity contribution >= 4 is 29.1 Å². The molecule has 0 bridgehead atoms. The van der Waals surface area contributed by atoms with Crippen LogP contribution in [0.15, 0.2) is 69.5 Å². The fourth-order valence-corrected chi connectivity index (χ4v) is 3.43. The highest BCUT2D eigenvalue weighted by atomic mass is 32.2. The highest BCUT2D eigenvalue weighted by Crippen LogP contribution is 2.46. The SMILES string of the molecule is CSC1=CC2=C(SC)C=C(c3ccccc3)C2=C1. The molecule has 0 N–H and O–H groups in total. The van der Waals surface area contributed by atoms with Crippen LogP contribution in [0.5, 0.6) is 0 Å². The maximum absolute atomic E-state index is 2.31. The Morgan fingerprint density at radius 2 is 1.56 bits per heavy atom. The van der Waals surface area contributed by atoms with E-state index < -0.39 is 0 Å². The van der Waals surface area contributed by atoms with Crippen LogP contribution in [0.25, 0.3) is 5.57 Å². The molecule has 0 aliphatic heterocycles. The second-order valence-corrected chi connectivity index (χ2v) is 5.94. The van der Waals surface area contributed by atoms with E-state index in [9.17, 15) is 0 Å². The van der Waals surface area contributed by atoms with Crippen LogP contribution < -0.4 is 0 Å². The molecule has 0 atom stereocenters. The molecule has 1 aromatic carbocycles. The summed E-state index contributed by atoms with van der Waals surface area (Å²) in [7, 11) is 0. The number of hydrogen-bond donors (Lipinski definition) is 0. The van der Waals surface area contributed by atoms with Crippen LogP contribution in [0, 0.1) is 0 Å². The highest BCUT2D eigenvalue weighted by molar-refractivity contribution is 8.03. The van der Waals surface area contributed by atoms with Crippen molar-refractivity contribution < 1.29 is 0 Å². The Kier molecular flexibility index (Phi) is 3.23. The molecule has 2 aliphatic carbocycles. The van der Waals surface area contributed by atoms with E-state index in [4.69, 9.17) is 0 Å². The first kappa shape index (κ1) is 11.9. The summed E-state index contributed by atoms with van der Waals surface area (Å²) >= 11 is 3.64. The van der Waals surface area contributed by atoms with Crippen molar-refractivity contribution in [2.75, 3.05) is 12.5 Å². The molecule has 0 unspecified atom stereocenters. The molecule has 18 heavy (non-hydrogen) atoms. The summed E-state index contributed by atoms with van der Waals surface area (Å²) in [6.07, 6.45) is 11.2. The number of benzene rings is 1. The lowest BCUT2D eigenvalue weighted by Gasteiger charge is -2.04. The van der Waals surface area contributed by atoms with Crippen molar-refractivity contribution in [1.82, 2.24) is 0 Å². The third kappa shape index (κ3) is 1.90. The zero-order chi connectivity index (χ0) is 12.5. The van der Waals surface area contributed by atoms with Crippen molar-refractivity contribution in [2.45, 2.75) is 0 Å². The van der Waals surface area contributed by atoms with Gasteiger partial charge in [-0.3, -0.25) is 0 Å². The van der Waals surface area contributed by atoms with Gasteiger partial charge in [-0.15, -0.1) is 23.5 Å². The summed E-state index contributed by atoms with van der Waals surface area (Å²) in [5.74, 6) is 0. The molecular weight excluding hydrogens is 256 g/mol. The van der Waals surface area contributed by atoms with Crippen LogP contribution in [0.4, 0.5) is 0 Å². The van der Waals surface area contributed by atoms with Crippen LogP contribution in [0.1, 0.15) is 5.56 Å². The summed E-state index contributed by atoms with van der Waals surface area (Å²) in [6.45, 7) is 0. The van der Waals surface area contributed by atoms with Gasteiger partial charge in [0.1, 0.15) is 0 Å². The normalized spacial score (nSPS) is 17.6. The third-order valence-electron chi connectivity index (χ3n) is 3.23. The largest absolute Gasteiger partial charge is 0.130 e. The summed E-state index contributed by atoms with van der Waals surface area (Å²) in [4.78, 5) is 2.73. The second-order valence-electron chi connectivity index (χ2n) is 4.21. The van der Waals surface area contributed by atoms with Crippen molar-refractivity contribution in [2.24, 2.45) is 0 Å². The van der Waals surface area contributed by atoms with Crippen LogP contribution in [0.2, 0.25) is 0 Å². The van der Waals surface area contributed by atoms with Crippen LogP contribution in [-0.4, -0.2) is 12.5 Å². The van der Waals surface area contributed by atoms with Crippen molar-refractivity contribution in [3.8, 4) is 0 Å².